The van der Waals surface area contributed by atoms with Crippen LogP contribution in [0.15, 0.2) is 48.6 Å². The molecule has 0 radical (unpaired) electrons. The normalized spacial score (nSPS) is 20.3. The highest BCUT2D eigenvalue weighted by atomic mass is 16.7. The second-order valence-electron chi connectivity index (χ2n) is 7.99. The lowest BCUT2D eigenvalue weighted by Gasteiger charge is -2.09. The third-order valence-electron chi connectivity index (χ3n) is 5.15. The van der Waals surface area contributed by atoms with Gasteiger partial charge >= 0.3 is 0 Å². The van der Waals surface area contributed by atoms with Gasteiger partial charge in [0.1, 0.15) is 6.79 Å². The maximum Gasteiger partial charge on any atom is 0.146 e. The van der Waals surface area contributed by atoms with Gasteiger partial charge in [-0.1, -0.05) is 87.1 Å². The van der Waals surface area contributed by atoms with E-state index in [1.54, 1.807) is 0 Å². The first-order valence-electron chi connectivity index (χ1n) is 12.4. The minimum atomic E-state index is 0.500. The lowest BCUT2D eigenvalue weighted by Crippen LogP contribution is -2.11. The monoisotopic (exact) mass is 418 g/mol. The smallest absolute Gasteiger partial charge is 0.146 e. The maximum atomic E-state index is 5.07. The van der Waals surface area contributed by atoms with E-state index in [1.165, 1.54) is 83.5 Å². The summed E-state index contributed by atoms with van der Waals surface area (Å²) < 4.78 is 14.8. The van der Waals surface area contributed by atoms with E-state index >= 15 is 0 Å². The van der Waals surface area contributed by atoms with E-state index in [4.69, 9.17) is 14.2 Å². The van der Waals surface area contributed by atoms with Gasteiger partial charge in [-0.3, -0.25) is 0 Å². The minimum absolute atomic E-state index is 0.500. The molecule has 0 unspecified atom stereocenters. The molecule has 2 aliphatic heterocycles. The summed E-state index contributed by atoms with van der Waals surface area (Å²) in [7, 11) is 0. The van der Waals surface area contributed by atoms with E-state index < -0.39 is 0 Å². The molecule has 30 heavy (non-hydrogen) atoms. The highest BCUT2D eigenvalue weighted by Gasteiger charge is 1.96. The quantitative estimate of drug-likeness (QED) is 0.404. The predicted molar refractivity (Wildman–Crippen MR) is 128 cm³/mol. The highest BCUT2D eigenvalue weighted by Crippen LogP contribution is 2.15. The first kappa shape index (κ1) is 26.9. The summed E-state index contributed by atoms with van der Waals surface area (Å²) in [6.07, 6.45) is 24.0. The van der Waals surface area contributed by atoms with Crippen molar-refractivity contribution in [3.05, 3.63) is 48.6 Å². The zero-order valence-corrected chi connectivity index (χ0v) is 19.3. The largest absolute Gasteiger partial charge is 0.381 e. The second kappa shape index (κ2) is 24.1. The molecule has 3 heteroatoms. The Morgan fingerprint density at radius 2 is 0.700 bits per heavy atom. The zero-order valence-electron chi connectivity index (χ0n) is 19.3. The van der Waals surface area contributed by atoms with E-state index in [-0.39, 0.29) is 0 Å². The molecule has 2 saturated heterocycles. The van der Waals surface area contributed by atoms with Crippen molar-refractivity contribution in [2.24, 2.45) is 0 Å². The summed E-state index contributed by atoms with van der Waals surface area (Å²) in [5.74, 6) is 0. The van der Waals surface area contributed by atoms with Crippen LogP contribution in [0.5, 0.6) is 0 Å². The predicted octanol–water partition coefficient (Wildman–Crippen LogP) is 7.71. The molecular formula is C27H46O3. The topological polar surface area (TPSA) is 27.7 Å². The third kappa shape index (κ3) is 21.5. The fraction of sp³-hybridized carbons (Fsp3) is 0.704. The van der Waals surface area contributed by atoms with Gasteiger partial charge in [-0.25, -0.2) is 0 Å². The van der Waals surface area contributed by atoms with Gasteiger partial charge in [0.15, 0.2) is 0 Å². The Kier molecular flexibility index (Phi) is 21.6. The van der Waals surface area contributed by atoms with Crippen molar-refractivity contribution in [2.45, 2.75) is 89.9 Å². The molecule has 0 N–H and O–H groups in total. The van der Waals surface area contributed by atoms with Crippen molar-refractivity contribution in [3.63, 3.8) is 0 Å². The summed E-state index contributed by atoms with van der Waals surface area (Å²) in [6, 6.07) is 12.0. The number of rotatable bonds is 0. The van der Waals surface area contributed by atoms with Gasteiger partial charge in [-0.2, -0.15) is 0 Å². The first-order valence-corrected chi connectivity index (χ1v) is 12.4. The van der Waals surface area contributed by atoms with Crippen molar-refractivity contribution in [3.8, 4) is 0 Å². The Balaban J connectivity index is 0.000000187. The number of hydrogen-bond acceptors (Lipinski definition) is 3. The molecule has 1 saturated carbocycles. The van der Waals surface area contributed by atoms with Crippen LogP contribution in [-0.4, -0.2) is 33.2 Å². The molecule has 0 bridgehead atoms. The molecule has 4 aliphatic rings. The SMILES string of the molecule is C1=CCCCC1.C1CCCCC1.C1CCOCC1.C1COCOC1.c1ccccc1. The maximum absolute atomic E-state index is 5.07. The van der Waals surface area contributed by atoms with Gasteiger partial charge in [0.25, 0.3) is 0 Å². The van der Waals surface area contributed by atoms with Gasteiger partial charge in [0.2, 0.25) is 0 Å². The van der Waals surface area contributed by atoms with Crippen LogP contribution >= 0.6 is 0 Å². The van der Waals surface area contributed by atoms with Crippen LogP contribution in [0.1, 0.15) is 89.9 Å². The first-order chi connectivity index (χ1) is 15.0. The van der Waals surface area contributed by atoms with Crippen LogP contribution in [0.3, 0.4) is 0 Å². The molecule has 3 fully saturated rings. The zero-order chi connectivity index (χ0) is 21.2. The summed E-state index contributed by atoms with van der Waals surface area (Å²) in [5, 5.41) is 0. The van der Waals surface area contributed by atoms with Crippen molar-refractivity contribution in [1.82, 2.24) is 0 Å². The van der Waals surface area contributed by atoms with Gasteiger partial charge < -0.3 is 14.2 Å². The lowest BCUT2D eigenvalue weighted by molar-refractivity contribution is -0.0963. The van der Waals surface area contributed by atoms with E-state index in [2.05, 4.69) is 12.2 Å². The van der Waals surface area contributed by atoms with E-state index in [1.807, 2.05) is 36.4 Å². The van der Waals surface area contributed by atoms with Gasteiger partial charge in [0.05, 0.1) is 13.2 Å². The molecule has 1 aromatic carbocycles. The Bertz CT molecular complexity index is 337. The fourth-order valence-electron chi connectivity index (χ4n) is 3.33. The van der Waals surface area contributed by atoms with Crippen LogP contribution in [0.2, 0.25) is 0 Å². The molecule has 3 nitrogen and oxygen atoms in total. The molecule has 172 valence electrons. The summed E-state index contributed by atoms with van der Waals surface area (Å²) in [5.41, 5.74) is 0. The molecule has 2 heterocycles. The summed E-state index contributed by atoms with van der Waals surface area (Å²) >= 11 is 0. The summed E-state index contributed by atoms with van der Waals surface area (Å²) in [6.45, 7) is 4.25. The molecule has 1 aromatic rings. The third-order valence-corrected chi connectivity index (χ3v) is 5.15. The highest BCUT2D eigenvalue weighted by molar-refractivity contribution is 4.99. The Labute approximate surface area is 186 Å². The number of benzene rings is 1. The van der Waals surface area contributed by atoms with E-state index in [0.29, 0.717) is 6.79 Å². The molecule has 0 atom stereocenters. The second-order valence-corrected chi connectivity index (χ2v) is 7.99. The molecule has 0 amide bonds. The molecule has 2 aliphatic carbocycles. The fourth-order valence-corrected chi connectivity index (χ4v) is 3.33. The van der Waals surface area contributed by atoms with Crippen LogP contribution < -0.4 is 0 Å². The Morgan fingerprint density at radius 3 is 0.867 bits per heavy atom. The van der Waals surface area contributed by atoms with Crippen LogP contribution in [0.4, 0.5) is 0 Å². The van der Waals surface area contributed by atoms with E-state index in [9.17, 15) is 0 Å². The summed E-state index contributed by atoms with van der Waals surface area (Å²) in [4.78, 5) is 0. The Hall–Kier alpha value is -1.16. The van der Waals surface area contributed by atoms with Gasteiger partial charge in [-0.05, 0) is 51.4 Å². The Morgan fingerprint density at radius 1 is 0.333 bits per heavy atom. The molecule has 0 aromatic heterocycles. The van der Waals surface area contributed by atoms with Gasteiger partial charge in [0, 0.05) is 13.2 Å². The lowest BCUT2D eigenvalue weighted by atomic mass is 10.0. The van der Waals surface area contributed by atoms with Gasteiger partial charge in [-0.15, -0.1) is 0 Å². The number of ether oxygens (including phenoxy) is 3. The van der Waals surface area contributed by atoms with E-state index in [0.717, 1.165) is 32.8 Å². The number of hydrogen-bond donors (Lipinski definition) is 0. The standard InChI is InChI=1S/C6H12.C6H10.C6H6.C5H10O.C4H8O2/c4*1-2-4-6-5-3-1;1-2-5-4-6-3-1/h1-6H2;1-2H,3-6H2;1-6H;1-5H2;1-4H2. The average Bonchev–Trinajstić information content (AvgIpc) is 2.91. The minimum Gasteiger partial charge on any atom is -0.381 e. The molecular weight excluding hydrogens is 372 g/mol. The van der Waals surface area contributed by atoms with Crippen LogP contribution in [0.25, 0.3) is 0 Å². The van der Waals surface area contributed by atoms with Crippen LogP contribution in [0, 0.1) is 0 Å². The van der Waals surface area contributed by atoms with Crippen molar-refractivity contribution >= 4 is 0 Å². The number of allylic oxidation sites excluding steroid dienone is 2. The average molecular weight is 419 g/mol. The molecule has 0 spiro atoms. The van der Waals surface area contributed by atoms with Crippen molar-refractivity contribution in [2.75, 3.05) is 33.2 Å². The molecule has 5 rings (SSSR count). The van der Waals surface area contributed by atoms with Crippen molar-refractivity contribution < 1.29 is 14.2 Å². The van der Waals surface area contributed by atoms with Crippen LogP contribution in [-0.2, 0) is 14.2 Å². The van der Waals surface area contributed by atoms with Crippen molar-refractivity contribution in [1.29, 1.82) is 0 Å².